The van der Waals surface area contributed by atoms with E-state index >= 15 is 0 Å². The van der Waals surface area contributed by atoms with Crippen LogP contribution >= 0.6 is 0 Å². The van der Waals surface area contributed by atoms with Crippen LogP contribution in [0.25, 0.3) is 0 Å². The molecule has 0 radical (unpaired) electrons. The van der Waals surface area contributed by atoms with Crippen molar-refractivity contribution in [2.75, 3.05) is 12.5 Å². The van der Waals surface area contributed by atoms with Gasteiger partial charge in [-0.05, 0) is 42.0 Å². The zero-order valence-corrected chi connectivity index (χ0v) is 16.6. The summed E-state index contributed by atoms with van der Waals surface area (Å²) in [5.41, 5.74) is 2.51. The van der Waals surface area contributed by atoms with E-state index in [1.807, 2.05) is 0 Å². The Balaban J connectivity index is 1.75. The van der Waals surface area contributed by atoms with Gasteiger partial charge in [0.2, 0.25) is 0 Å². The fraction of sp³-hybridized carbons (Fsp3) is 0.0476. The summed E-state index contributed by atoms with van der Waals surface area (Å²) >= 11 is 0. The van der Waals surface area contributed by atoms with Crippen LogP contribution in [0.1, 0.15) is 15.9 Å². The number of hydrazone groups is 1. The third-order valence-electron chi connectivity index (χ3n) is 4.19. The molecule has 0 aliphatic rings. The maximum Gasteiger partial charge on any atom is 0.343 e. The normalized spacial score (nSPS) is 10.5. The van der Waals surface area contributed by atoms with Gasteiger partial charge in [-0.25, -0.2) is 4.79 Å². The number of carbonyl (C=O) groups excluding carboxylic acids is 1. The molecule has 0 saturated heterocycles. The molecule has 0 unspecified atom stereocenters. The Labute approximate surface area is 181 Å². The molecule has 32 heavy (non-hydrogen) atoms. The second kappa shape index (κ2) is 9.80. The Hall–Kier alpha value is -4.80. The maximum absolute atomic E-state index is 12.2. The van der Waals surface area contributed by atoms with E-state index in [2.05, 4.69) is 10.5 Å². The Bertz CT molecular complexity index is 1200. The van der Waals surface area contributed by atoms with Gasteiger partial charge in [-0.3, -0.25) is 25.7 Å². The SMILES string of the molecule is COc1cc(C=NNc2ccc([N+](=O)[O-])cc2[N+](=O)[O-])ccc1OC(=O)c1ccccc1. The average Bonchev–Trinajstić information content (AvgIpc) is 2.80. The lowest BCUT2D eigenvalue weighted by Gasteiger charge is -2.10. The minimum Gasteiger partial charge on any atom is -0.493 e. The van der Waals surface area contributed by atoms with Crippen molar-refractivity contribution in [3.63, 3.8) is 0 Å². The van der Waals surface area contributed by atoms with Crippen LogP contribution in [0, 0.1) is 20.2 Å². The predicted molar refractivity (Wildman–Crippen MR) is 115 cm³/mol. The zero-order chi connectivity index (χ0) is 23.1. The van der Waals surface area contributed by atoms with Crippen LogP contribution in [0.3, 0.4) is 0 Å². The number of carbonyl (C=O) groups is 1. The number of benzene rings is 3. The minimum atomic E-state index is -0.746. The van der Waals surface area contributed by atoms with Crippen LogP contribution in [0.4, 0.5) is 17.1 Å². The van der Waals surface area contributed by atoms with E-state index in [1.54, 1.807) is 42.5 Å². The topological polar surface area (TPSA) is 146 Å². The minimum absolute atomic E-state index is 0.0165. The summed E-state index contributed by atoms with van der Waals surface area (Å²) in [7, 11) is 1.41. The lowest BCUT2D eigenvalue weighted by molar-refractivity contribution is -0.393. The number of nitro benzene ring substituents is 2. The van der Waals surface area contributed by atoms with Crippen molar-refractivity contribution in [1.82, 2.24) is 0 Å². The van der Waals surface area contributed by atoms with E-state index in [4.69, 9.17) is 9.47 Å². The van der Waals surface area contributed by atoms with Gasteiger partial charge in [0.25, 0.3) is 5.69 Å². The summed E-state index contributed by atoms with van der Waals surface area (Å²) in [5, 5.41) is 25.9. The first-order chi connectivity index (χ1) is 15.4. The van der Waals surface area contributed by atoms with E-state index in [0.29, 0.717) is 11.1 Å². The van der Waals surface area contributed by atoms with Crippen molar-refractivity contribution in [2.45, 2.75) is 0 Å². The highest BCUT2D eigenvalue weighted by Gasteiger charge is 2.19. The number of nitro groups is 2. The molecule has 0 heterocycles. The number of nitrogens with zero attached hydrogens (tertiary/aromatic N) is 3. The molecular weight excluding hydrogens is 420 g/mol. The van der Waals surface area contributed by atoms with E-state index in [1.165, 1.54) is 25.5 Å². The molecule has 3 rings (SSSR count). The number of esters is 1. The zero-order valence-electron chi connectivity index (χ0n) is 16.6. The van der Waals surface area contributed by atoms with E-state index < -0.39 is 27.2 Å². The number of nitrogens with one attached hydrogen (secondary N) is 1. The molecule has 0 spiro atoms. The first kappa shape index (κ1) is 21.9. The fourth-order valence-corrected chi connectivity index (χ4v) is 2.64. The lowest BCUT2D eigenvalue weighted by atomic mass is 10.2. The Morgan fingerprint density at radius 1 is 0.969 bits per heavy atom. The van der Waals surface area contributed by atoms with Gasteiger partial charge in [0.05, 0.1) is 34.8 Å². The van der Waals surface area contributed by atoms with Gasteiger partial charge < -0.3 is 9.47 Å². The summed E-state index contributed by atoms with van der Waals surface area (Å²) in [6.07, 6.45) is 1.36. The number of hydrogen-bond acceptors (Lipinski definition) is 9. The number of methoxy groups -OCH3 is 1. The highest BCUT2D eigenvalue weighted by Crippen LogP contribution is 2.30. The van der Waals surface area contributed by atoms with Crippen LogP contribution in [0.5, 0.6) is 11.5 Å². The van der Waals surface area contributed by atoms with Crippen LogP contribution < -0.4 is 14.9 Å². The second-order valence-corrected chi connectivity index (χ2v) is 6.25. The van der Waals surface area contributed by atoms with Gasteiger partial charge in [-0.2, -0.15) is 5.10 Å². The Kier molecular flexibility index (Phi) is 6.71. The quantitative estimate of drug-likeness (QED) is 0.182. The van der Waals surface area contributed by atoms with Crippen LogP contribution in [0.2, 0.25) is 0 Å². The molecule has 11 heteroatoms. The number of ether oxygens (including phenoxy) is 2. The first-order valence-corrected chi connectivity index (χ1v) is 9.06. The van der Waals surface area contributed by atoms with Gasteiger partial charge in [0, 0.05) is 6.07 Å². The van der Waals surface area contributed by atoms with Crippen molar-refractivity contribution in [3.05, 3.63) is 98.1 Å². The Morgan fingerprint density at radius 3 is 2.38 bits per heavy atom. The predicted octanol–water partition coefficient (Wildman–Crippen LogP) is 4.18. The average molecular weight is 436 g/mol. The van der Waals surface area contributed by atoms with Gasteiger partial charge in [-0.1, -0.05) is 18.2 Å². The molecule has 0 aliphatic heterocycles. The largest absolute Gasteiger partial charge is 0.493 e. The maximum atomic E-state index is 12.2. The van der Waals surface area contributed by atoms with Crippen LogP contribution in [-0.4, -0.2) is 29.1 Å². The molecule has 0 bridgehead atoms. The van der Waals surface area contributed by atoms with Crippen molar-refractivity contribution >= 4 is 29.2 Å². The highest BCUT2D eigenvalue weighted by atomic mass is 16.6. The van der Waals surface area contributed by atoms with E-state index in [0.717, 1.165) is 12.1 Å². The van der Waals surface area contributed by atoms with E-state index in [9.17, 15) is 25.0 Å². The summed E-state index contributed by atoms with van der Waals surface area (Å²) < 4.78 is 10.6. The summed E-state index contributed by atoms with van der Waals surface area (Å²) in [4.78, 5) is 32.8. The number of anilines is 1. The molecule has 0 saturated carbocycles. The number of non-ortho nitro benzene ring substituents is 1. The molecule has 0 amide bonds. The molecule has 0 aliphatic carbocycles. The van der Waals surface area contributed by atoms with Crippen LogP contribution in [0.15, 0.2) is 71.8 Å². The first-order valence-electron chi connectivity index (χ1n) is 9.06. The summed E-state index contributed by atoms with van der Waals surface area (Å²) in [5.74, 6) is -0.0607. The Morgan fingerprint density at radius 2 is 1.72 bits per heavy atom. The number of rotatable bonds is 8. The monoisotopic (exact) mass is 436 g/mol. The molecule has 1 N–H and O–H groups in total. The molecule has 0 aromatic heterocycles. The van der Waals surface area contributed by atoms with E-state index in [-0.39, 0.29) is 17.2 Å². The van der Waals surface area contributed by atoms with Crippen molar-refractivity contribution in [1.29, 1.82) is 0 Å². The fourth-order valence-electron chi connectivity index (χ4n) is 2.64. The smallest absolute Gasteiger partial charge is 0.343 e. The molecule has 11 nitrogen and oxygen atoms in total. The third-order valence-corrected chi connectivity index (χ3v) is 4.19. The molecule has 3 aromatic carbocycles. The summed E-state index contributed by atoms with van der Waals surface area (Å²) in [6.45, 7) is 0. The standard InChI is InChI=1S/C21H16N4O7/c1-31-20-11-14(7-10-19(20)32-21(26)15-5-3-2-4-6-15)13-22-23-17-9-8-16(24(27)28)12-18(17)25(29)30/h2-13,23H,1H3. The summed E-state index contributed by atoms with van der Waals surface area (Å²) in [6, 6.07) is 16.3. The third kappa shape index (κ3) is 5.21. The molecular formula is C21H16N4O7. The van der Waals surface area contributed by atoms with Gasteiger partial charge >= 0.3 is 11.7 Å². The molecule has 0 fully saturated rings. The number of hydrogen-bond donors (Lipinski definition) is 1. The molecule has 162 valence electrons. The molecule has 0 atom stereocenters. The highest BCUT2D eigenvalue weighted by molar-refractivity contribution is 5.91. The van der Waals surface area contributed by atoms with Crippen LogP contribution in [-0.2, 0) is 0 Å². The van der Waals surface area contributed by atoms with Gasteiger partial charge in [0.1, 0.15) is 5.69 Å². The van der Waals surface area contributed by atoms with Gasteiger partial charge in [-0.15, -0.1) is 0 Å². The lowest BCUT2D eigenvalue weighted by Crippen LogP contribution is -2.09. The van der Waals surface area contributed by atoms with Crippen molar-refractivity contribution in [2.24, 2.45) is 5.10 Å². The van der Waals surface area contributed by atoms with Gasteiger partial charge in [0.15, 0.2) is 11.5 Å². The van der Waals surface area contributed by atoms with Crippen molar-refractivity contribution in [3.8, 4) is 11.5 Å². The second-order valence-electron chi connectivity index (χ2n) is 6.25. The van der Waals surface area contributed by atoms with Crippen molar-refractivity contribution < 1.29 is 24.1 Å². The molecule has 3 aromatic rings.